The SMILES string of the molecule is CCCCNC(=O)[C@@]1(NC(C)=O)C[C@H](CCB(O)O)CC[C@H]1CN(C)CC. The molecule has 2 amide bonds. The molecule has 3 atom stereocenters. The average molecular weight is 383 g/mol. The molecule has 4 N–H and O–H groups in total. The Labute approximate surface area is 164 Å². The summed E-state index contributed by atoms with van der Waals surface area (Å²) < 4.78 is 0. The van der Waals surface area contributed by atoms with E-state index in [4.69, 9.17) is 0 Å². The number of unbranched alkanes of at least 4 members (excludes halogenated alkanes) is 1. The number of amides is 2. The molecule has 1 aliphatic rings. The molecule has 0 heterocycles. The Morgan fingerprint density at radius 2 is 1.96 bits per heavy atom. The second kappa shape index (κ2) is 11.7. The maximum absolute atomic E-state index is 13.3. The van der Waals surface area contributed by atoms with Crippen LogP contribution in [0.15, 0.2) is 0 Å². The number of rotatable bonds is 11. The summed E-state index contributed by atoms with van der Waals surface area (Å²) in [7, 11) is 0.698. The Morgan fingerprint density at radius 3 is 2.52 bits per heavy atom. The van der Waals surface area contributed by atoms with Gasteiger partial charge in [-0.1, -0.05) is 26.7 Å². The summed E-state index contributed by atoms with van der Waals surface area (Å²) >= 11 is 0. The van der Waals surface area contributed by atoms with Crippen LogP contribution in [0, 0.1) is 11.8 Å². The minimum Gasteiger partial charge on any atom is -0.427 e. The van der Waals surface area contributed by atoms with Crippen LogP contribution in [0.1, 0.15) is 59.3 Å². The Balaban J connectivity index is 3.08. The van der Waals surface area contributed by atoms with E-state index in [0.29, 0.717) is 19.4 Å². The fourth-order valence-corrected chi connectivity index (χ4v) is 4.13. The summed E-state index contributed by atoms with van der Waals surface area (Å²) in [5.41, 5.74) is -0.938. The number of carbonyl (C=O) groups is 2. The molecule has 0 bridgehead atoms. The van der Waals surface area contributed by atoms with Crippen LogP contribution < -0.4 is 10.6 Å². The van der Waals surface area contributed by atoms with Crippen LogP contribution in [0.3, 0.4) is 0 Å². The molecule has 27 heavy (non-hydrogen) atoms. The van der Waals surface area contributed by atoms with Gasteiger partial charge < -0.3 is 25.6 Å². The first kappa shape index (κ1) is 23.9. The molecule has 156 valence electrons. The predicted molar refractivity (Wildman–Crippen MR) is 108 cm³/mol. The van der Waals surface area contributed by atoms with Gasteiger partial charge in [0.05, 0.1) is 0 Å². The van der Waals surface area contributed by atoms with Gasteiger partial charge in [-0.15, -0.1) is 0 Å². The van der Waals surface area contributed by atoms with Crippen molar-refractivity contribution < 1.29 is 19.6 Å². The standard InChI is InChI=1S/C19H38BN3O4/c1-5-7-12-21-18(25)19(22-15(3)24)13-16(10-11-20(26)27)8-9-17(19)14-23(4)6-2/h16-17,26-27H,5-14H2,1-4H3,(H,21,25)(H,22,24)/t16-,17-,19+/m0/s1. The van der Waals surface area contributed by atoms with E-state index >= 15 is 0 Å². The van der Waals surface area contributed by atoms with Gasteiger partial charge in [-0.3, -0.25) is 9.59 Å². The van der Waals surface area contributed by atoms with Crippen molar-refractivity contribution >= 4 is 18.9 Å². The minimum atomic E-state index is -1.33. The second-order valence-corrected chi connectivity index (χ2v) is 8.02. The number of nitrogens with one attached hydrogen (secondary N) is 2. The van der Waals surface area contributed by atoms with Gasteiger partial charge in [0.25, 0.3) is 0 Å². The van der Waals surface area contributed by atoms with Crippen molar-refractivity contribution in [1.82, 2.24) is 15.5 Å². The van der Waals surface area contributed by atoms with Crippen molar-refractivity contribution in [3.05, 3.63) is 0 Å². The summed E-state index contributed by atoms with van der Waals surface area (Å²) in [5.74, 6) is -0.0930. The van der Waals surface area contributed by atoms with Crippen LogP contribution >= 0.6 is 0 Å². The molecule has 1 rings (SSSR count). The van der Waals surface area contributed by atoms with Crippen LogP contribution in [-0.4, -0.2) is 66.1 Å². The van der Waals surface area contributed by atoms with E-state index in [2.05, 4.69) is 29.4 Å². The zero-order valence-electron chi connectivity index (χ0n) is 17.5. The number of nitrogens with zero attached hydrogens (tertiary/aromatic N) is 1. The predicted octanol–water partition coefficient (Wildman–Crippen LogP) is 1.01. The molecule has 8 heteroatoms. The topological polar surface area (TPSA) is 102 Å². The highest BCUT2D eigenvalue weighted by molar-refractivity contribution is 6.40. The Kier molecular flexibility index (Phi) is 10.3. The lowest BCUT2D eigenvalue weighted by molar-refractivity contribution is -0.138. The maximum Gasteiger partial charge on any atom is 0.451 e. The lowest BCUT2D eigenvalue weighted by atomic mass is 9.65. The highest BCUT2D eigenvalue weighted by atomic mass is 16.4. The van der Waals surface area contributed by atoms with Gasteiger partial charge in [-0.2, -0.15) is 0 Å². The van der Waals surface area contributed by atoms with Crippen molar-refractivity contribution in [1.29, 1.82) is 0 Å². The lowest BCUT2D eigenvalue weighted by Gasteiger charge is -2.47. The summed E-state index contributed by atoms with van der Waals surface area (Å²) in [5, 5.41) is 24.5. The molecular weight excluding hydrogens is 345 g/mol. The van der Waals surface area contributed by atoms with E-state index in [1.165, 1.54) is 6.92 Å². The van der Waals surface area contributed by atoms with Crippen molar-refractivity contribution in [2.75, 3.05) is 26.7 Å². The van der Waals surface area contributed by atoms with E-state index in [9.17, 15) is 19.6 Å². The molecule has 0 spiro atoms. The van der Waals surface area contributed by atoms with E-state index in [0.717, 1.165) is 38.8 Å². The molecule has 0 aromatic heterocycles. The highest BCUT2D eigenvalue weighted by Gasteiger charge is 2.50. The Hall–Kier alpha value is -1.12. The van der Waals surface area contributed by atoms with Crippen molar-refractivity contribution in [2.24, 2.45) is 11.8 Å². The smallest absolute Gasteiger partial charge is 0.427 e. The molecule has 0 aromatic carbocycles. The zero-order valence-corrected chi connectivity index (χ0v) is 17.5. The van der Waals surface area contributed by atoms with Crippen LogP contribution in [0.4, 0.5) is 0 Å². The molecule has 7 nitrogen and oxygen atoms in total. The van der Waals surface area contributed by atoms with E-state index in [1.807, 2.05) is 7.05 Å². The number of carbonyl (C=O) groups excluding carboxylic acids is 2. The van der Waals surface area contributed by atoms with Gasteiger partial charge in [-0.25, -0.2) is 0 Å². The average Bonchev–Trinajstić information content (AvgIpc) is 2.61. The molecule has 0 radical (unpaired) electrons. The van der Waals surface area contributed by atoms with Gasteiger partial charge in [0.15, 0.2) is 0 Å². The van der Waals surface area contributed by atoms with E-state index < -0.39 is 12.7 Å². The Bertz CT molecular complexity index is 478. The molecule has 0 aliphatic heterocycles. The van der Waals surface area contributed by atoms with E-state index in [1.54, 1.807) is 0 Å². The fourth-order valence-electron chi connectivity index (χ4n) is 4.13. The van der Waals surface area contributed by atoms with Crippen molar-refractivity contribution in [3.8, 4) is 0 Å². The van der Waals surface area contributed by atoms with Gasteiger partial charge >= 0.3 is 7.12 Å². The largest absolute Gasteiger partial charge is 0.451 e. The number of hydrogen-bond acceptors (Lipinski definition) is 5. The first-order chi connectivity index (χ1) is 12.7. The minimum absolute atomic E-state index is 0.0308. The molecule has 1 aliphatic carbocycles. The highest BCUT2D eigenvalue weighted by Crippen LogP contribution is 2.40. The van der Waals surface area contributed by atoms with Gasteiger partial charge in [0.2, 0.25) is 11.8 Å². The van der Waals surface area contributed by atoms with Gasteiger partial charge in [-0.05, 0) is 51.5 Å². The monoisotopic (exact) mass is 383 g/mol. The molecule has 0 aromatic rings. The fraction of sp³-hybridized carbons (Fsp3) is 0.895. The quantitative estimate of drug-likeness (QED) is 0.315. The van der Waals surface area contributed by atoms with Crippen LogP contribution in [-0.2, 0) is 9.59 Å². The van der Waals surface area contributed by atoms with Crippen LogP contribution in [0.25, 0.3) is 0 Å². The summed E-state index contributed by atoms with van der Waals surface area (Å²) in [6.07, 6.45) is 5.12. The third-order valence-electron chi connectivity index (χ3n) is 5.76. The molecule has 1 fully saturated rings. The second-order valence-electron chi connectivity index (χ2n) is 8.02. The van der Waals surface area contributed by atoms with E-state index in [-0.39, 0.29) is 30.0 Å². The third-order valence-corrected chi connectivity index (χ3v) is 5.76. The Morgan fingerprint density at radius 1 is 1.26 bits per heavy atom. The zero-order chi connectivity index (χ0) is 20.4. The molecule has 0 unspecified atom stereocenters. The summed E-state index contributed by atoms with van der Waals surface area (Å²) in [4.78, 5) is 27.5. The van der Waals surface area contributed by atoms with Crippen molar-refractivity contribution in [2.45, 2.75) is 71.2 Å². The van der Waals surface area contributed by atoms with Crippen LogP contribution in [0.2, 0.25) is 6.32 Å². The third kappa shape index (κ3) is 7.43. The lowest BCUT2D eigenvalue weighted by Crippen LogP contribution is -2.66. The normalized spacial score (nSPS) is 25.3. The number of hydrogen-bond donors (Lipinski definition) is 4. The molecule has 0 saturated heterocycles. The first-order valence-corrected chi connectivity index (χ1v) is 10.4. The maximum atomic E-state index is 13.3. The summed E-state index contributed by atoms with van der Waals surface area (Å²) in [6, 6.07) is 0. The first-order valence-electron chi connectivity index (χ1n) is 10.4. The van der Waals surface area contributed by atoms with Gasteiger partial charge in [0, 0.05) is 25.9 Å². The van der Waals surface area contributed by atoms with Crippen molar-refractivity contribution in [3.63, 3.8) is 0 Å². The van der Waals surface area contributed by atoms with Crippen LogP contribution in [0.5, 0.6) is 0 Å². The molecular formula is C19H38BN3O4. The van der Waals surface area contributed by atoms with Gasteiger partial charge in [0.1, 0.15) is 5.54 Å². The summed E-state index contributed by atoms with van der Waals surface area (Å²) in [6.45, 7) is 7.84. The molecule has 1 saturated carbocycles.